The molecule has 0 aliphatic rings. The molecule has 1 N–H and O–H groups in total. The number of rotatable bonds is 4. The van der Waals surface area contributed by atoms with E-state index < -0.39 is 5.60 Å². The summed E-state index contributed by atoms with van der Waals surface area (Å²) < 4.78 is 5.43. The third-order valence-corrected chi connectivity index (χ3v) is 4.88. The predicted molar refractivity (Wildman–Crippen MR) is 82.6 cm³/mol. The summed E-state index contributed by atoms with van der Waals surface area (Å²) in [4.78, 5) is 5.47. The molecule has 1 atom stereocenters. The number of hydrogen-bond acceptors (Lipinski definition) is 4. The summed E-state index contributed by atoms with van der Waals surface area (Å²) >= 11 is 1.59. The quantitative estimate of drug-likeness (QED) is 0.937. The van der Waals surface area contributed by atoms with E-state index in [4.69, 9.17) is 4.74 Å². The summed E-state index contributed by atoms with van der Waals surface area (Å²) in [6, 6.07) is 2.03. The van der Waals surface area contributed by atoms with Crippen LogP contribution in [0.1, 0.15) is 34.2 Å². The van der Waals surface area contributed by atoms with Crippen LogP contribution in [-0.4, -0.2) is 17.2 Å². The summed E-state index contributed by atoms with van der Waals surface area (Å²) in [5.74, 6) is 0.855. The zero-order valence-electron chi connectivity index (χ0n) is 12.7. The first-order valence-electron chi connectivity index (χ1n) is 6.63. The lowest BCUT2D eigenvalue weighted by molar-refractivity contribution is 0.0596. The van der Waals surface area contributed by atoms with E-state index in [-0.39, 0.29) is 0 Å². The molecule has 0 fully saturated rings. The number of ether oxygens (including phenoxy) is 1. The van der Waals surface area contributed by atoms with Crippen molar-refractivity contribution < 1.29 is 9.84 Å². The smallest absolute Gasteiger partial charge is 0.128 e. The van der Waals surface area contributed by atoms with Crippen LogP contribution in [0.25, 0.3) is 0 Å². The molecule has 2 aromatic heterocycles. The summed E-state index contributed by atoms with van der Waals surface area (Å²) in [5, 5.41) is 12.8. The molecule has 0 aromatic carbocycles. The van der Waals surface area contributed by atoms with Crippen LogP contribution in [0.15, 0.2) is 17.6 Å². The van der Waals surface area contributed by atoms with Crippen molar-refractivity contribution >= 4 is 11.3 Å². The molecule has 4 heteroatoms. The SMILES string of the molecule is COc1c(C)cnc(CC(C)(O)c2sccc2C)c1C. The lowest BCUT2D eigenvalue weighted by atomic mass is 9.93. The van der Waals surface area contributed by atoms with Gasteiger partial charge in [0.1, 0.15) is 11.4 Å². The number of pyridine rings is 1. The third-order valence-electron chi connectivity index (χ3n) is 3.61. The van der Waals surface area contributed by atoms with Gasteiger partial charge in [-0.1, -0.05) is 0 Å². The molecule has 0 spiro atoms. The van der Waals surface area contributed by atoms with E-state index in [0.717, 1.165) is 33.0 Å². The van der Waals surface area contributed by atoms with Gasteiger partial charge in [-0.25, -0.2) is 0 Å². The normalized spacial score (nSPS) is 14.1. The van der Waals surface area contributed by atoms with Gasteiger partial charge in [-0.3, -0.25) is 4.98 Å². The lowest BCUT2D eigenvalue weighted by Crippen LogP contribution is -2.25. The first-order valence-corrected chi connectivity index (χ1v) is 7.51. The van der Waals surface area contributed by atoms with E-state index in [0.29, 0.717) is 6.42 Å². The van der Waals surface area contributed by atoms with Crippen molar-refractivity contribution in [3.05, 3.63) is 44.9 Å². The average Bonchev–Trinajstić information content (AvgIpc) is 2.81. The van der Waals surface area contributed by atoms with E-state index in [2.05, 4.69) is 4.98 Å². The van der Waals surface area contributed by atoms with Crippen LogP contribution < -0.4 is 4.74 Å². The lowest BCUT2D eigenvalue weighted by Gasteiger charge is -2.24. The Bertz CT molecular complexity index is 617. The van der Waals surface area contributed by atoms with Crippen molar-refractivity contribution in [1.82, 2.24) is 4.98 Å². The molecule has 20 heavy (non-hydrogen) atoms. The second-order valence-electron chi connectivity index (χ2n) is 5.43. The van der Waals surface area contributed by atoms with Crippen LogP contribution in [0.5, 0.6) is 5.75 Å². The average molecular weight is 291 g/mol. The Kier molecular flexibility index (Phi) is 4.16. The summed E-state index contributed by atoms with van der Waals surface area (Å²) in [6.07, 6.45) is 2.29. The molecule has 0 aliphatic carbocycles. The maximum Gasteiger partial charge on any atom is 0.128 e. The van der Waals surface area contributed by atoms with Gasteiger partial charge in [0.15, 0.2) is 0 Å². The van der Waals surface area contributed by atoms with E-state index in [9.17, 15) is 5.11 Å². The van der Waals surface area contributed by atoms with Gasteiger partial charge in [-0.05, 0) is 44.7 Å². The van der Waals surface area contributed by atoms with E-state index >= 15 is 0 Å². The topological polar surface area (TPSA) is 42.4 Å². The number of thiophene rings is 1. The number of nitrogens with zero attached hydrogens (tertiary/aromatic N) is 1. The molecule has 0 aliphatic heterocycles. The minimum Gasteiger partial charge on any atom is -0.496 e. The molecule has 0 radical (unpaired) electrons. The Balaban J connectivity index is 2.37. The van der Waals surface area contributed by atoms with Crippen molar-refractivity contribution in [2.75, 3.05) is 7.11 Å². The fraction of sp³-hybridized carbons (Fsp3) is 0.438. The van der Waals surface area contributed by atoms with Crippen LogP contribution in [0, 0.1) is 20.8 Å². The molecule has 0 saturated heterocycles. The summed E-state index contributed by atoms with van der Waals surface area (Å²) in [6.45, 7) is 7.84. The van der Waals surface area contributed by atoms with Gasteiger partial charge in [0.2, 0.25) is 0 Å². The number of hydrogen-bond donors (Lipinski definition) is 1. The molecule has 2 aromatic rings. The molecule has 2 rings (SSSR count). The highest BCUT2D eigenvalue weighted by Gasteiger charge is 2.28. The predicted octanol–water partition coefficient (Wildman–Crippen LogP) is 3.53. The van der Waals surface area contributed by atoms with Crippen LogP contribution in [-0.2, 0) is 12.0 Å². The number of methoxy groups -OCH3 is 1. The highest BCUT2D eigenvalue weighted by molar-refractivity contribution is 7.10. The zero-order valence-corrected chi connectivity index (χ0v) is 13.5. The first kappa shape index (κ1) is 15.0. The second kappa shape index (κ2) is 5.54. The van der Waals surface area contributed by atoms with Gasteiger partial charge in [0.05, 0.1) is 12.8 Å². The number of aliphatic hydroxyl groups is 1. The Morgan fingerprint density at radius 3 is 2.55 bits per heavy atom. The fourth-order valence-corrected chi connectivity index (χ4v) is 3.57. The number of aryl methyl sites for hydroxylation is 2. The molecule has 108 valence electrons. The van der Waals surface area contributed by atoms with Gasteiger partial charge < -0.3 is 9.84 Å². The van der Waals surface area contributed by atoms with Crippen molar-refractivity contribution in [2.45, 2.75) is 39.7 Å². The Hall–Kier alpha value is -1.39. The molecule has 2 heterocycles. The van der Waals surface area contributed by atoms with Gasteiger partial charge in [0, 0.05) is 28.6 Å². The minimum absolute atomic E-state index is 0.483. The fourth-order valence-electron chi connectivity index (χ4n) is 2.58. The minimum atomic E-state index is -0.906. The van der Waals surface area contributed by atoms with Gasteiger partial charge >= 0.3 is 0 Å². The zero-order chi connectivity index (χ0) is 14.9. The van der Waals surface area contributed by atoms with E-state index in [1.807, 2.05) is 39.1 Å². The maximum atomic E-state index is 10.8. The molecular formula is C16H21NO2S. The molecule has 1 unspecified atom stereocenters. The van der Waals surface area contributed by atoms with Gasteiger partial charge in [-0.2, -0.15) is 0 Å². The maximum absolute atomic E-state index is 10.8. The van der Waals surface area contributed by atoms with Crippen molar-refractivity contribution in [2.24, 2.45) is 0 Å². The Morgan fingerprint density at radius 2 is 2.00 bits per heavy atom. The van der Waals surface area contributed by atoms with Crippen LogP contribution >= 0.6 is 11.3 Å². The third kappa shape index (κ3) is 2.72. The molecule has 0 saturated carbocycles. The Labute approximate surface area is 124 Å². The van der Waals surface area contributed by atoms with Crippen molar-refractivity contribution in [3.8, 4) is 5.75 Å². The van der Waals surface area contributed by atoms with Crippen molar-refractivity contribution in [3.63, 3.8) is 0 Å². The molecule has 3 nitrogen and oxygen atoms in total. The molecule has 0 amide bonds. The van der Waals surface area contributed by atoms with Crippen molar-refractivity contribution in [1.29, 1.82) is 0 Å². The standard InChI is InChI=1S/C16H21NO2S/c1-10-6-7-20-15(10)16(4,18)8-13-12(3)14(19-5)11(2)9-17-13/h6-7,9,18H,8H2,1-5H3. The van der Waals surface area contributed by atoms with Gasteiger partial charge in [-0.15, -0.1) is 11.3 Å². The van der Waals surface area contributed by atoms with Crippen LogP contribution in [0.4, 0.5) is 0 Å². The second-order valence-corrected chi connectivity index (χ2v) is 6.35. The largest absolute Gasteiger partial charge is 0.496 e. The Morgan fingerprint density at radius 1 is 1.30 bits per heavy atom. The summed E-state index contributed by atoms with van der Waals surface area (Å²) in [5.41, 5.74) is 3.11. The monoisotopic (exact) mass is 291 g/mol. The van der Waals surface area contributed by atoms with Crippen LogP contribution in [0.3, 0.4) is 0 Å². The van der Waals surface area contributed by atoms with Gasteiger partial charge in [0.25, 0.3) is 0 Å². The molecule has 0 bridgehead atoms. The van der Waals surface area contributed by atoms with E-state index in [1.165, 1.54) is 0 Å². The first-order chi connectivity index (χ1) is 9.36. The molecular weight excluding hydrogens is 270 g/mol. The number of aromatic nitrogens is 1. The highest BCUT2D eigenvalue weighted by atomic mass is 32.1. The highest BCUT2D eigenvalue weighted by Crippen LogP contribution is 2.34. The van der Waals surface area contributed by atoms with Crippen LogP contribution in [0.2, 0.25) is 0 Å². The van der Waals surface area contributed by atoms with E-state index in [1.54, 1.807) is 24.6 Å². The summed E-state index contributed by atoms with van der Waals surface area (Å²) in [7, 11) is 1.67.